The van der Waals surface area contributed by atoms with E-state index in [1.54, 1.807) is 0 Å². The number of hydrogen-bond acceptors (Lipinski definition) is 2. The highest BCUT2D eigenvalue weighted by Crippen LogP contribution is 2.30. The van der Waals surface area contributed by atoms with Crippen molar-refractivity contribution >= 4 is 0 Å². The Balaban J connectivity index is 2.65. The second-order valence-electron chi connectivity index (χ2n) is 5.24. The topological polar surface area (TPSA) is 21.3 Å². The fraction of sp³-hybridized carbons (Fsp3) is 1.00. The molecule has 0 amide bonds. The number of nitrogens with one attached hydrogen (secondary N) is 1. The van der Waals surface area contributed by atoms with E-state index in [9.17, 15) is 0 Å². The molecule has 0 radical (unpaired) electrons. The third-order valence-electron chi connectivity index (χ3n) is 4.30. The fourth-order valence-corrected chi connectivity index (χ4v) is 2.61. The lowest BCUT2D eigenvalue weighted by molar-refractivity contribution is -0.00608. The summed E-state index contributed by atoms with van der Waals surface area (Å²) in [5.41, 5.74) is 0.371. The molecule has 1 saturated heterocycles. The van der Waals surface area contributed by atoms with Crippen LogP contribution in [0.15, 0.2) is 0 Å². The highest BCUT2D eigenvalue weighted by atomic mass is 16.5. The standard InChI is InChI=1S/C14H29NO/c1-5-9-13-12(6-2)15-10-14(7-3,8-4)11-16-13/h12-13,15H,5-11H2,1-4H3. The van der Waals surface area contributed by atoms with E-state index in [0.717, 1.165) is 13.2 Å². The highest BCUT2D eigenvalue weighted by molar-refractivity contribution is 4.87. The largest absolute Gasteiger partial charge is 0.376 e. The van der Waals surface area contributed by atoms with Gasteiger partial charge in [0.05, 0.1) is 12.7 Å². The summed E-state index contributed by atoms with van der Waals surface area (Å²) in [5.74, 6) is 0. The van der Waals surface area contributed by atoms with Crippen molar-refractivity contribution in [2.45, 2.75) is 71.9 Å². The van der Waals surface area contributed by atoms with Crippen molar-refractivity contribution in [3.63, 3.8) is 0 Å². The fourth-order valence-electron chi connectivity index (χ4n) is 2.61. The number of ether oxygens (including phenoxy) is 1. The molecule has 96 valence electrons. The zero-order valence-corrected chi connectivity index (χ0v) is 11.5. The Morgan fingerprint density at radius 3 is 2.38 bits per heavy atom. The molecule has 2 heteroatoms. The van der Waals surface area contributed by atoms with E-state index in [1.807, 2.05) is 0 Å². The molecule has 1 fully saturated rings. The van der Waals surface area contributed by atoms with Gasteiger partial charge in [-0.2, -0.15) is 0 Å². The van der Waals surface area contributed by atoms with Crippen LogP contribution in [0.5, 0.6) is 0 Å². The SMILES string of the molecule is CCCC1OCC(CC)(CC)CNC1CC. The van der Waals surface area contributed by atoms with Gasteiger partial charge in [0.15, 0.2) is 0 Å². The maximum Gasteiger partial charge on any atom is 0.0728 e. The molecule has 0 aliphatic carbocycles. The molecule has 1 aliphatic rings. The van der Waals surface area contributed by atoms with Gasteiger partial charge >= 0.3 is 0 Å². The Hall–Kier alpha value is -0.0800. The van der Waals surface area contributed by atoms with Gasteiger partial charge in [-0.05, 0) is 25.7 Å². The van der Waals surface area contributed by atoms with Crippen molar-refractivity contribution in [2.24, 2.45) is 5.41 Å². The third-order valence-corrected chi connectivity index (χ3v) is 4.30. The average molecular weight is 227 g/mol. The van der Waals surface area contributed by atoms with Crippen LogP contribution in [-0.2, 0) is 4.74 Å². The smallest absolute Gasteiger partial charge is 0.0728 e. The second kappa shape index (κ2) is 6.61. The number of hydrogen-bond donors (Lipinski definition) is 1. The Kier molecular flexibility index (Phi) is 5.77. The summed E-state index contributed by atoms with van der Waals surface area (Å²) in [6.07, 6.45) is 6.43. The summed E-state index contributed by atoms with van der Waals surface area (Å²) >= 11 is 0. The molecule has 2 atom stereocenters. The van der Waals surface area contributed by atoms with Gasteiger partial charge in [0.2, 0.25) is 0 Å². The van der Waals surface area contributed by atoms with Gasteiger partial charge in [-0.1, -0.05) is 34.1 Å². The minimum atomic E-state index is 0.371. The van der Waals surface area contributed by atoms with Crippen LogP contribution >= 0.6 is 0 Å². The maximum absolute atomic E-state index is 6.18. The van der Waals surface area contributed by atoms with Gasteiger partial charge < -0.3 is 10.1 Å². The zero-order chi connectivity index (χ0) is 12.0. The monoisotopic (exact) mass is 227 g/mol. The van der Waals surface area contributed by atoms with E-state index >= 15 is 0 Å². The summed E-state index contributed by atoms with van der Waals surface area (Å²) in [6.45, 7) is 11.1. The summed E-state index contributed by atoms with van der Waals surface area (Å²) in [4.78, 5) is 0. The van der Waals surface area contributed by atoms with Crippen molar-refractivity contribution in [1.82, 2.24) is 5.32 Å². The third kappa shape index (κ3) is 3.21. The lowest BCUT2D eigenvalue weighted by Gasteiger charge is -2.29. The molecular formula is C14H29NO. The second-order valence-corrected chi connectivity index (χ2v) is 5.24. The van der Waals surface area contributed by atoms with E-state index in [0.29, 0.717) is 17.6 Å². The molecule has 2 nitrogen and oxygen atoms in total. The minimum absolute atomic E-state index is 0.371. The Morgan fingerprint density at radius 1 is 1.19 bits per heavy atom. The summed E-state index contributed by atoms with van der Waals surface area (Å²) in [5, 5.41) is 3.73. The van der Waals surface area contributed by atoms with Gasteiger partial charge in [-0.25, -0.2) is 0 Å². The van der Waals surface area contributed by atoms with E-state index in [2.05, 4.69) is 33.0 Å². The van der Waals surface area contributed by atoms with E-state index in [4.69, 9.17) is 4.74 Å². The van der Waals surface area contributed by atoms with Crippen LogP contribution in [0.1, 0.15) is 59.8 Å². The quantitative estimate of drug-likeness (QED) is 0.777. The summed E-state index contributed by atoms with van der Waals surface area (Å²) < 4.78 is 6.18. The molecule has 0 aromatic heterocycles. The van der Waals surface area contributed by atoms with Crippen LogP contribution < -0.4 is 5.32 Å². The molecule has 0 saturated carbocycles. The molecule has 0 aromatic carbocycles. The molecule has 0 aromatic rings. The highest BCUT2D eigenvalue weighted by Gasteiger charge is 2.33. The molecule has 1 aliphatic heterocycles. The van der Waals surface area contributed by atoms with E-state index in [1.165, 1.54) is 32.1 Å². The van der Waals surface area contributed by atoms with Crippen LogP contribution in [0.2, 0.25) is 0 Å². The van der Waals surface area contributed by atoms with Crippen LogP contribution in [0.25, 0.3) is 0 Å². The Bertz CT molecular complexity index is 189. The van der Waals surface area contributed by atoms with Crippen LogP contribution in [0.3, 0.4) is 0 Å². The van der Waals surface area contributed by atoms with Crippen molar-refractivity contribution in [2.75, 3.05) is 13.2 Å². The lowest BCUT2D eigenvalue weighted by Crippen LogP contribution is -2.41. The number of rotatable bonds is 5. The van der Waals surface area contributed by atoms with Crippen molar-refractivity contribution in [3.8, 4) is 0 Å². The van der Waals surface area contributed by atoms with Gasteiger partial charge in [0.1, 0.15) is 0 Å². The van der Waals surface area contributed by atoms with Crippen molar-refractivity contribution in [3.05, 3.63) is 0 Å². The molecule has 1 N–H and O–H groups in total. The molecule has 0 bridgehead atoms. The molecule has 1 rings (SSSR count). The minimum Gasteiger partial charge on any atom is -0.376 e. The molecular weight excluding hydrogens is 198 g/mol. The zero-order valence-electron chi connectivity index (χ0n) is 11.5. The predicted molar refractivity (Wildman–Crippen MR) is 69.7 cm³/mol. The molecule has 0 spiro atoms. The summed E-state index contributed by atoms with van der Waals surface area (Å²) in [7, 11) is 0. The maximum atomic E-state index is 6.18. The predicted octanol–water partition coefficient (Wildman–Crippen LogP) is 3.36. The van der Waals surface area contributed by atoms with Gasteiger partial charge in [-0.15, -0.1) is 0 Å². The van der Waals surface area contributed by atoms with Crippen LogP contribution in [-0.4, -0.2) is 25.3 Å². The first-order chi connectivity index (χ1) is 7.71. The average Bonchev–Trinajstić information content (AvgIpc) is 2.50. The van der Waals surface area contributed by atoms with Gasteiger partial charge in [-0.3, -0.25) is 0 Å². The lowest BCUT2D eigenvalue weighted by atomic mass is 9.83. The first-order valence-corrected chi connectivity index (χ1v) is 7.06. The van der Waals surface area contributed by atoms with E-state index < -0.39 is 0 Å². The molecule has 1 heterocycles. The normalized spacial score (nSPS) is 30.0. The molecule has 16 heavy (non-hydrogen) atoms. The van der Waals surface area contributed by atoms with Crippen LogP contribution in [0.4, 0.5) is 0 Å². The summed E-state index contributed by atoms with van der Waals surface area (Å²) in [6, 6.07) is 0.555. The van der Waals surface area contributed by atoms with Crippen LogP contribution in [0, 0.1) is 5.41 Å². The van der Waals surface area contributed by atoms with Gasteiger partial charge in [0.25, 0.3) is 0 Å². The van der Waals surface area contributed by atoms with Crippen molar-refractivity contribution < 1.29 is 4.74 Å². The van der Waals surface area contributed by atoms with Crippen molar-refractivity contribution in [1.29, 1.82) is 0 Å². The first-order valence-electron chi connectivity index (χ1n) is 7.06. The first kappa shape index (κ1) is 14.0. The van der Waals surface area contributed by atoms with Gasteiger partial charge in [0, 0.05) is 18.0 Å². The Morgan fingerprint density at radius 2 is 1.88 bits per heavy atom. The Labute approximate surface area is 101 Å². The molecule has 2 unspecified atom stereocenters. The van der Waals surface area contributed by atoms with E-state index in [-0.39, 0.29) is 0 Å².